The van der Waals surface area contributed by atoms with E-state index >= 15 is 0 Å². The number of aromatic nitrogens is 4. The van der Waals surface area contributed by atoms with Crippen molar-refractivity contribution >= 4 is 5.91 Å². The molecule has 1 aliphatic rings. The summed E-state index contributed by atoms with van der Waals surface area (Å²) < 4.78 is 1.76. The van der Waals surface area contributed by atoms with Gasteiger partial charge in [-0.3, -0.25) is 19.4 Å². The Bertz CT molecular complexity index is 595. The van der Waals surface area contributed by atoms with Gasteiger partial charge in [-0.1, -0.05) is 0 Å². The Morgan fingerprint density at radius 3 is 3.00 bits per heavy atom. The van der Waals surface area contributed by atoms with Gasteiger partial charge < -0.3 is 4.90 Å². The van der Waals surface area contributed by atoms with Crippen LogP contribution < -0.4 is 0 Å². The Balaban J connectivity index is 1.83. The fourth-order valence-electron chi connectivity index (χ4n) is 2.61. The highest BCUT2D eigenvalue weighted by atomic mass is 16.2. The van der Waals surface area contributed by atoms with Crippen LogP contribution in [0.25, 0.3) is 0 Å². The molecule has 20 heavy (non-hydrogen) atoms. The van der Waals surface area contributed by atoms with E-state index in [-0.39, 0.29) is 11.9 Å². The minimum atomic E-state index is 0.0258. The quantitative estimate of drug-likeness (QED) is 0.852. The molecule has 0 N–H and O–H groups in total. The molecule has 6 nitrogen and oxygen atoms in total. The summed E-state index contributed by atoms with van der Waals surface area (Å²) in [6, 6.07) is 0.0289. The van der Waals surface area contributed by atoms with Crippen molar-refractivity contribution in [2.24, 2.45) is 0 Å². The second-order valence-corrected chi connectivity index (χ2v) is 4.87. The first-order valence-corrected chi connectivity index (χ1v) is 6.89. The smallest absolute Gasteiger partial charge is 0.257 e. The molecule has 0 saturated carbocycles. The average Bonchev–Trinajstić information content (AvgIpc) is 3.16. The third-order valence-electron chi connectivity index (χ3n) is 3.64. The molecule has 0 aromatic carbocycles. The van der Waals surface area contributed by atoms with Crippen molar-refractivity contribution in [3.05, 3.63) is 42.2 Å². The van der Waals surface area contributed by atoms with Crippen LogP contribution in [0.2, 0.25) is 0 Å². The molecular formula is C14H17N5O. The number of likely N-dealkylation sites (tertiary alicyclic amines) is 1. The summed E-state index contributed by atoms with van der Waals surface area (Å²) >= 11 is 0. The van der Waals surface area contributed by atoms with Crippen LogP contribution in [0.4, 0.5) is 0 Å². The summed E-state index contributed by atoms with van der Waals surface area (Å²) in [6.07, 6.45) is 10.4. The van der Waals surface area contributed by atoms with Gasteiger partial charge in [-0.05, 0) is 19.8 Å². The lowest BCUT2D eigenvalue weighted by atomic mass is 10.1. The van der Waals surface area contributed by atoms with Gasteiger partial charge >= 0.3 is 0 Å². The first-order valence-electron chi connectivity index (χ1n) is 6.89. The van der Waals surface area contributed by atoms with Crippen molar-refractivity contribution in [1.29, 1.82) is 0 Å². The Morgan fingerprint density at radius 2 is 2.30 bits per heavy atom. The number of nitrogens with zero attached hydrogens (tertiary/aromatic N) is 5. The molecule has 1 saturated heterocycles. The standard InChI is InChI=1S/C14H17N5O/c1-2-18-10-11(8-17-18)14(20)19-7-3-4-13(19)12-9-15-5-6-16-12/h5-6,8-10,13H,2-4,7H2,1H3/t13-/m0/s1. The Hall–Kier alpha value is -2.24. The van der Waals surface area contributed by atoms with E-state index in [1.807, 2.05) is 11.8 Å². The second-order valence-electron chi connectivity index (χ2n) is 4.87. The molecule has 3 heterocycles. The maximum absolute atomic E-state index is 12.6. The van der Waals surface area contributed by atoms with E-state index in [0.717, 1.165) is 31.6 Å². The van der Waals surface area contributed by atoms with Crippen LogP contribution in [0, 0.1) is 0 Å². The molecule has 1 amide bonds. The van der Waals surface area contributed by atoms with Crippen molar-refractivity contribution in [3.63, 3.8) is 0 Å². The van der Waals surface area contributed by atoms with Gasteiger partial charge in [0.25, 0.3) is 5.91 Å². The van der Waals surface area contributed by atoms with Gasteiger partial charge in [0.2, 0.25) is 0 Å². The lowest BCUT2D eigenvalue weighted by Gasteiger charge is -2.23. The predicted molar refractivity (Wildman–Crippen MR) is 72.9 cm³/mol. The van der Waals surface area contributed by atoms with Crippen molar-refractivity contribution in [3.8, 4) is 0 Å². The number of aryl methyl sites for hydroxylation is 1. The van der Waals surface area contributed by atoms with E-state index in [1.54, 1.807) is 35.7 Å². The number of carbonyl (C=O) groups excluding carboxylic acids is 1. The van der Waals surface area contributed by atoms with Crippen LogP contribution >= 0.6 is 0 Å². The van der Waals surface area contributed by atoms with Crippen LogP contribution in [-0.2, 0) is 6.54 Å². The van der Waals surface area contributed by atoms with Crippen LogP contribution in [0.1, 0.15) is 41.9 Å². The SMILES string of the molecule is CCn1cc(C(=O)N2CCC[C@H]2c2cnccn2)cn1. The molecular weight excluding hydrogens is 254 g/mol. The zero-order chi connectivity index (χ0) is 13.9. The molecule has 1 aliphatic heterocycles. The summed E-state index contributed by atoms with van der Waals surface area (Å²) in [5, 5.41) is 4.17. The number of hydrogen-bond acceptors (Lipinski definition) is 4. The van der Waals surface area contributed by atoms with Gasteiger partial charge in [0.05, 0.1) is 29.7 Å². The van der Waals surface area contributed by atoms with Crippen molar-refractivity contribution < 1.29 is 4.79 Å². The van der Waals surface area contributed by atoms with E-state index in [1.165, 1.54) is 0 Å². The van der Waals surface area contributed by atoms with Gasteiger partial charge in [0, 0.05) is 31.7 Å². The monoisotopic (exact) mass is 271 g/mol. The van der Waals surface area contributed by atoms with E-state index in [4.69, 9.17) is 0 Å². The van der Waals surface area contributed by atoms with Gasteiger partial charge in [0.15, 0.2) is 0 Å². The van der Waals surface area contributed by atoms with Crippen molar-refractivity contribution in [1.82, 2.24) is 24.6 Å². The zero-order valence-corrected chi connectivity index (χ0v) is 11.4. The first-order chi connectivity index (χ1) is 9.79. The Labute approximate surface area is 117 Å². The summed E-state index contributed by atoms with van der Waals surface area (Å²) in [4.78, 5) is 22.9. The zero-order valence-electron chi connectivity index (χ0n) is 11.4. The predicted octanol–water partition coefficient (Wildman–Crippen LogP) is 1.67. The molecule has 104 valence electrons. The largest absolute Gasteiger partial charge is 0.330 e. The van der Waals surface area contributed by atoms with Gasteiger partial charge in [-0.25, -0.2) is 0 Å². The lowest BCUT2D eigenvalue weighted by Crippen LogP contribution is -2.30. The highest BCUT2D eigenvalue weighted by molar-refractivity contribution is 5.94. The van der Waals surface area contributed by atoms with E-state index in [2.05, 4.69) is 15.1 Å². The summed E-state index contributed by atoms with van der Waals surface area (Å²) in [5.41, 5.74) is 1.50. The highest BCUT2D eigenvalue weighted by Gasteiger charge is 2.32. The minimum absolute atomic E-state index is 0.0258. The molecule has 0 radical (unpaired) electrons. The second kappa shape index (κ2) is 5.40. The van der Waals surface area contributed by atoms with Gasteiger partial charge in [-0.2, -0.15) is 5.10 Å². The lowest BCUT2D eigenvalue weighted by molar-refractivity contribution is 0.0732. The van der Waals surface area contributed by atoms with Crippen LogP contribution in [0.5, 0.6) is 0 Å². The molecule has 0 unspecified atom stereocenters. The number of hydrogen-bond donors (Lipinski definition) is 0. The van der Waals surface area contributed by atoms with Crippen LogP contribution in [0.15, 0.2) is 31.0 Å². The third kappa shape index (κ3) is 2.29. The van der Waals surface area contributed by atoms with Gasteiger partial charge in [-0.15, -0.1) is 0 Å². The van der Waals surface area contributed by atoms with E-state index < -0.39 is 0 Å². The normalized spacial score (nSPS) is 18.4. The van der Waals surface area contributed by atoms with E-state index in [0.29, 0.717) is 5.56 Å². The highest BCUT2D eigenvalue weighted by Crippen LogP contribution is 2.31. The van der Waals surface area contributed by atoms with Crippen molar-refractivity contribution in [2.75, 3.05) is 6.54 Å². The number of amides is 1. The fourth-order valence-corrected chi connectivity index (χ4v) is 2.61. The molecule has 0 aliphatic carbocycles. The van der Waals surface area contributed by atoms with Crippen molar-refractivity contribution in [2.45, 2.75) is 32.4 Å². The molecule has 1 fully saturated rings. The summed E-state index contributed by atoms with van der Waals surface area (Å²) in [7, 11) is 0. The topological polar surface area (TPSA) is 63.9 Å². The Morgan fingerprint density at radius 1 is 1.40 bits per heavy atom. The third-order valence-corrected chi connectivity index (χ3v) is 3.64. The molecule has 0 spiro atoms. The molecule has 2 aromatic rings. The van der Waals surface area contributed by atoms with Crippen LogP contribution in [0.3, 0.4) is 0 Å². The molecule has 3 rings (SSSR count). The molecule has 2 aromatic heterocycles. The Kier molecular flexibility index (Phi) is 3.45. The number of rotatable bonds is 3. The molecule has 1 atom stereocenters. The summed E-state index contributed by atoms with van der Waals surface area (Å²) in [5.74, 6) is 0.0258. The fraction of sp³-hybridized carbons (Fsp3) is 0.429. The first kappa shape index (κ1) is 12.8. The number of carbonyl (C=O) groups is 1. The summed E-state index contributed by atoms with van der Waals surface area (Å²) in [6.45, 7) is 3.53. The van der Waals surface area contributed by atoms with Crippen LogP contribution in [-0.4, -0.2) is 37.1 Å². The minimum Gasteiger partial charge on any atom is -0.330 e. The van der Waals surface area contributed by atoms with E-state index in [9.17, 15) is 4.79 Å². The maximum Gasteiger partial charge on any atom is 0.257 e. The maximum atomic E-state index is 12.6. The van der Waals surface area contributed by atoms with Gasteiger partial charge in [0.1, 0.15) is 0 Å². The average molecular weight is 271 g/mol. The molecule has 0 bridgehead atoms. The molecule has 6 heteroatoms.